The van der Waals surface area contributed by atoms with Crippen molar-refractivity contribution in [3.05, 3.63) is 47.5 Å². The van der Waals surface area contributed by atoms with Crippen molar-refractivity contribution >= 4 is 11.8 Å². The molecule has 0 saturated heterocycles. The maximum Gasteiger partial charge on any atom is 0.331 e. The second-order valence-electron chi connectivity index (χ2n) is 11.8. The van der Waals surface area contributed by atoms with E-state index in [1.165, 1.54) is 5.56 Å². The quantitative estimate of drug-likeness (QED) is 0.631. The molecule has 0 amide bonds. The van der Waals surface area contributed by atoms with E-state index in [1.54, 1.807) is 6.08 Å². The van der Waals surface area contributed by atoms with Crippen molar-refractivity contribution in [2.45, 2.75) is 71.8 Å². The van der Waals surface area contributed by atoms with Crippen molar-refractivity contribution in [3.8, 4) is 0 Å². The zero-order valence-electron chi connectivity index (χ0n) is 20.3. The van der Waals surface area contributed by atoms with E-state index in [1.807, 2.05) is 18.2 Å². The number of aryl methyl sites for hydroxylation is 1. The van der Waals surface area contributed by atoms with E-state index < -0.39 is 0 Å². The Balaban J connectivity index is 1.49. The second kappa shape index (κ2) is 8.37. The molecule has 0 aromatic heterocycles. The molecule has 0 bridgehead atoms. The summed E-state index contributed by atoms with van der Waals surface area (Å²) in [4.78, 5) is 25.9. The summed E-state index contributed by atoms with van der Waals surface area (Å²) in [7, 11) is 0. The number of hydrogen-bond acceptors (Lipinski definition) is 4. The zero-order valence-corrected chi connectivity index (χ0v) is 20.3. The number of aliphatic hydroxyl groups excluding tert-OH is 1. The Morgan fingerprint density at radius 3 is 2.64 bits per heavy atom. The molecule has 4 aliphatic rings. The fourth-order valence-electron chi connectivity index (χ4n) is 8.57. The van der Waals surface area contributed by atoms with Crippen LogP contribution in [0.4, 0.5) is 0 Å². The minimum Gasteiger partial charge on any atom is -0.455 e. The van der Waals surface area contributed by atoms with Crippen LogP contribution in [-0.4, -0.2) is 29.6 Å². The maximum absolute atomic E-state index is 13.9. The number of ketones is 1. The summed E-state index contributed by atoms with van der Waals surface area (Å²) >= 11 is 0. The first kappa shape index (κ1) is 22.8. The first-order chi connectivity index (χ1) is 15.8. The lowest BCUT2D eigenvalue weighted by Gasteiger charge is -2.64. The van der Waals surface area contributed by atoms with Crippen molar-refractivity contribution in [1.82, 2.24) is 0 Å². The number of carbonyl (C=O) groups is 2. The molecule has 0 spiro atoms. The molecular weight excluding hydrogens is 412 g/mol. The van der Waals surface area contributed by atoms with Gasteiger partial charge in [0.2, 0.25) is 0 Å². The Morgan fingerprint density at radius 2 is 1.91 bits per heavy atom. The van der Waals surface area contributed by atoms with E-state index >= 15 is 0 Å². The third kappa shape index (κ3) is 3.69. The highest BCUT2D eigenvalue weighted by Gasteiger charge is 2.63. The van der Waals surface area contributed by atoms with Gasteiger partial charge < -0.3 is 9.84 Å². The van der Waals surface area contributed by atoms with Crippen molar-refractivity contribution in [2.75, 3.05) is 6.61 Å². The van der Waals surface area contributed by atoms with Gasteiger partial charge in [-0.05, 0) is 77.7 Å². The Bertz CT molecular complexity index is 952. The molecule has 3 fully saturated rings. The average Bonchev–Trinajstić information content (AvgIpc) is 3.19. The van der Waals surface area contributed by atoms with E-state index in [2.05, 4.69) is 32.9 Å². The molecule has 33 heavy (non-hydrogen) atoms. The van der Waals surface area contributed by atoms with Crippen LogP contribution >= 0.6 is 0 Å². The van der Waals surface area contributed by atoms with E-state index in [0.717, 1.165) is 44.1 Å². The summed E-state index contributed by atoms with van der Waals surface area (Å²) in [6.45, 7) is 6.96. The highest BCUT2D eigenvalue weighted by atomic mass is 16.5. The van der Waals surface area contributed by atoms with Crippen LogP contribution in [0.2, 0.25) is 0 Å². The fourth-order valence-corrected chi connectivity index (χ4v) is 8.57. The third-order valence-corrected chi connectivity index (χ3v) is 10.0. The van der Waals surface area contributed by atoms with Gasteiger partial charge in [0.15, 0.2) is 0 Å². The molecule has 4 heteroatoms. The van der Waals surface area contributed by atoms with Gasteiger partial charge in [-0.3, -0.25) is 4.79 Å². The first-order valence-electron chi connectivity index (χ1n) is 12.9. The molecule has 3 saturated carbocycles. The van der Waals surface area contributed by atoms with Gasteiger partial charge >= 0.3 is 5.97 Å². The van der Waals surface area contributed by atoms with Gasteiger partial charge in [0.05, 0.1) is 0 Å². The Kier molecular flexibility index (Phi) is 5.79. The molecule has 178 valence electrons. The van der Waals surface area contributed by atoms with Crippen molar-refractivity contribution in [2.24, 2.45) is 40.4 Å². The number of Topliss-reactive ketones (excluding diaryl/α,β-unsaturated/α-hetero) is 1. The molecule has 4 nitrogen and oxygen atoms in total. The second-order valence-corrected chi connectivity index (χ2v) is 11.8. The van der Waals surface area contributed by atoms with Gasteiger partial charge in [0, 0.05) is 25.0 Å². The molecule has 8 atom stereocenters. The topological polar surface area (TPSA) is 63.6 Å². The van der Waals surface area contributed by atoms with Crippen molar-refractivity contribution in [1.29, 1.82) is 0 Å². The highest BCUT2D eigenvalue weighted by Crippen LogP contribution is 2.67. The van der Waals surface area contributed by atoms with Gasteiger partial charge in [-0.1, -0.05) is 57.5 Å². The van der Waals surface area contributed by atoms with E-state index in [-0.39, 0.29) is 47.3 Å². The lowest BCUT2D eigenvalue weighted by molar-refractivity contribution is -0.179. The minimum atomic E-state index is -0.239. The van der Waals surface area contributed by atoms with E-state index in [4.69, 9.17) is 4.74 Å². The molecule has 1 heterocycles. The Morgan fingerprint density at radius 1 is 1.15 bits per heavy atom. The summed E-state index contributed by atoms with van der Waals surface area (Å²) in [5, 5.41) is 10.6. The standard InChI is InChI=1S/C29H38O4/c1-18-20-14-22(24(31)11-10-19-8-5-4-6-9-19)27-28(2,17-30)12-7-13-29(27,3)23(20)16-25-21(18)15-26(32)33-25/h4-6,8-9,15,18,20,22-23,25,27,30H,7,10-14,16-17H2,1-3H3/t18-,20+,22-,23-,25+,27+,28-,29-/m0/s1. The van der Waals surface area contributed by atoms with Crippen LogP contribution in [0, 0.1) is 40.4 Å². The average molecular weight is 451 g/mol. The van der Waals surface area contributed by atoms with Crippen molar-refractivity contribution in [3.63, 3.8) is 0 Å². The monoisotopic (exact) mass is 450 g/mol. The summed E-state index contributed by atoms with van der Waals surface area (Å²) in [5.41, 5.74) is 2.08. The van der Waals surface area contributed by atoms with Crippen LogP contribution in [0.1, 0.15) is 64.9 Å². The van der Waals surface area contributed by atoms with Gasteiger partial charge in [-0.25, -0.2) is 4.79 Å². The van der Waals surface area contributed by atoms with Gasteiger partial charge in [0.25, 0.3) is 0 Å². The molecule has 1 aliphatic heterocycles. The Labute approximate surface area is 197 Å². The SMILES string of the molecule is C[C@@H]1C2=CC(=O)O[C@@H]2C[C@H]2[C@@H]1C[C@@H](C(=O)CCc1ccccc1)[C@@H]1[C@](C)(CO)CCC[C@]12C. The van der Waals surface area contributed by atoms with Gasteiger partial charge in [0.1, 0.15) is 11.9 Å². The fraction of sp³-hybridized carbons (Fsp3) is 0.655. The van der Waals surface area contributed by atoms with Crippen LogP contribution in [0.15, 0.2) is 42.0 Å². The predicted molar refractivity (Wildman–Crippen MR) is 127 cm³/mol. The molecule has 0 radical (unpaired) electrons. The highest BCUT2D eigenvalue weighted by molar-refractivity contribution is 5.86. The molecule has 1 aromatic carbocycles. The lowest BCUT2D eigenvalue weighted by atomic mass is 9.40. The number of rotatable bonds is 5. The first-order valence-corrected chi connectivity index (χ1v) is 12.9. The van der Waals surface area contributed by atoms with Crippen LogP contribution in [0.3, 0.4) is 0 Å². The lowest BCUT2D eigenvalue weighted by Crippen LogP contribution is -2.61. The molecule has 5 rings (SSSR count). The van der Waals surface area contributed by atoms with Crippen LogP contribution in [-0.2, 0) is 20.7 Å². The minimum absolute atomic E-state index is 0.0273. The smallest absolute Gasteiger partial charge is 0.331 e. The number of ether oxygens (including phenoxy) is 1. The normalized spacial score (nSPS) is 41.9. The number of benzene rings is 1. The largest absolute Gasteiger partial charge is 0.455 e. The molecular formula is C29H38O4. The zero-order chi connectivity index (χ0) is 23.4. The van der Waals surface area contributed by atoms with E-state index in [0.29, 0.717) is 24.0 Å². The molecule has 3 aliphatic carbocycles. The molecule has 1 aromatic rings. The van der Waals surface area contributed by atoms with Crippen molar-refractivity contribution < 1.29 is 19.4 Å². The molecule has 0 unspecified atom stereocenters. The van der Waals surface area contributed by atoms with E-state index in [9.17, 15) is 14.7 Å². The summed E-state index contributed by atoms with van der Waals surface area (Å²) < 4.78 is 5.70. The number of hydrogen-bond donors (Lipinski definition) is 1. The van der Waals surface area contributed by atoms with Crippen LogP contribution in [0.5, 0.6) is 0 Å². The molecule has 1 N–H and O–H groups in total. The van der Waals surface area contributed by atoms with Crippen LogP contribution in [0.25, 0.3) is 0 Å². The summed E-state index contributed by atoms with van der Waals surface area (Å²) in [6, 6.07) is 10.3. The maximum atomic E-state index is 13.9. The predicted octanol–water partition coefficient (Wildman–Crippen LogP) is 5.14. The van der Waals surface area contributed by atoms with Crippen LogP contribution < -0.4 is 0 Å². The number of fused-ring (bicyclic) bond motifs is 4. The number of esters is 1. The third-order valence-electron chi connectivity index (χ3n) is 10.0. The summed E-state index contributed by atoms with van der Waals surface area (Å²) in [5.74, 6) is 1.34. The van der Waals surface area contributed by atoms with Gasteiger partial charge in [-0.15, -0.1) is 0 Å². The number of carbonyl (C=O) groups excluding carboxylic acids is 2. The Hall–Kier alpha value is -1.94. The summed E-state index contributed by atoms with van der Waals surface area (Å²) in [6.07, 6.45) is 7.82. The van der Waals surface area contributed by atoms with Gasteiger partial charge in [-0.2, -0.15) is 0 Å². The number of aliphatic hydroxyl groups is 1.